The number of hydrogen-bond acceptors (Lipinski definition) is 3. The summed E-state index contributed by atoms with van der Waals surface area (Å²) in [6.45, 7) is 2.21. The largest absolute Gasteiger partial charge is 0.457 e. The van der Waals surface area contributed by atoms with Gasteiger partial charge in [0, 0.05) is 0 Å². The lowest BCUT2D eigenvalue weighted by molar-refractivity contribution is 0.477. The van der Waals surface area contributed by atoms with Gasteiger partial charge in [-0.2, -0.15) is 8.42 Å². The fraction of sp³-hybridized carbons (Fsp3) is 0.368. The van der Waals surface area contributed by atoms with E-state index in [0.717, 1.165) is 12.2 Å². The maximum Gasteiger partial charge on any atom is 0.294 e. The average Bonchev–Trinajstić information content (AvgIpc) is 2.55. The van der Waals surface area contributed by atoms with Gasteiger partial charge in [-0.05, 0) is 54.8 Å². The minimum Gasteiger partial charge on any atom is -0.457 e. The highest BCUT2D eigenvalue weighted by atomic mass is 32.2. The standard InChI is InChI=1S/C19H24O4S/c1-2-3-4-5-6-8-16-9-7-10-18(15-16)23-17-11-13-19(14-12-17)24(20,21)22/h7,9-15H,2-6,8H2,1H3,(H,20,21,22). The molecule has 0 saturated carbocycles. The van der Waals surface area contributed by atoms with E-state index in [1.807, 2.05) is 18.2 Å². The Kier molecular flexibility index (Phi) is 6.82. The van der Waals surface area contributed by atoms with Gasteiger partial charge >= 0.3 is 0 Å². The summed E-state index contributed by atoms with van der Waals surface area (Å²) >= 11 is 0. The molecular formula is C19H24O4S. The van der Waals surface area contributed by atoms with E-state index in [-0.39, 0.29) is 4.90 Å². The molecule has 0 amide bonds. The average molecular weight is 348 g/mol. The van der Waals surface area contributed by atoms with Crippen LogP contribution in [-0.2, 0) is 16.5 Å². The molecule has 0 atom stereocenters. The summed E-state index contributed by atoms with van der Waals surface area (Å²) in [5.74, 6) is 1.25. The lowest BCUT2D eigenvalue weighted by Crippen LogP contribution is -1.97. The molecule has 0 unspecified atom stereocenters. The highest BCUT2D eigenvalue weighted by Gasteiger charge is 2.09. The maximum atomic E-state index is 11.0. The fourth-order valence-electron chi connectivity index (χ4n) is 2.51. The quantitative estimate of drug-likeness (QED) is 0.497. The molecule has 130 valence electrons. The normalized spacial score (nSPS) is 11.4. The molecule has 2 aromatic rings. The summed E-state index contributed by atoms with van der Waals surface area (Å²) < 4.78 is 36.8. The van der Waals surface area contributed by atoms with Gasteiger partial charge in [-0.25, -0.2) is 0 Å². The van der Waals surface area contributed by atoms with Crippen LogP contribution in [0.3, 0.4) is 0 Å². The van der Waals surface area contributed by atoms with Crippen molar-refractivity contribution in [2.45, 2.75) is 50.3 Å². The van der Waals surface area contributed by atoms with Crippen LogP contribution in [0.1, 0.15) is 44.6 Å². The van der Waals surface area contributed by atoms with Crippen LogP contribution in [0.25, 0.3) is 0 Å². The number of hydrogen-bond donors (Lipinski definition) is 1. The molecule has 0 aliphatic heterocycles. The first-order valence-corrected chi connectivity index (χ1v) is 9.77. The molecule has 0 aliphatic carbocycles. The van der Waals surface area contributed by atoms with Crippen molar-refractivity contribution < 1.29 is 17.7 Å². The van der Waals surface area contributed by atoms with Crippen molar-refractivity contribution in [3.8, 4) is 11.5 Å². The first kappa shape index (κ1) is 18.5. The van der Waals surface area contributed by atoms with Gasteiger partial charge in [-0.3, -0.25) is 4.55 Å². The van der Waals surface area contributed by atoms with Crippen molar-refractivity contribution in [1.29, 1.82) is 0 Å². The predicted molar refractivity (Wildman–Crippen MR) is 95.2 cm³/mol. The van der Waals surface area contributed by atoms with Crippen molar-refractivity contribution in [3.63, 3.8) is 0 Å². The number of benzene rings is 2. The number of ether oxygens (including phenoxy) is 1. The van der Waals surface area contributed by atoms with E-state index < -0.39 is 10.1 Å². The van der Waals surface area contributed by atoms with Gasteiger partial charge in [-0.1, -0.05) is 44.7 Å². The monoisotopic (exact) mass is 348 g/mol. The highest BCUT2D eigenvalue weighted by Crippen LogP contribution is 2.24. The van der Waals surface area contributed by atoms with Crippen molar-refractivity contribution in [2.24, 2.45) is 0 Å². The smallest absolute Gasteiger partial charge is 0.294 e. The number of unbranched alkanes of at least 4 members (excludes halogenated alkanes) is 4. The van der Waals surface area contributed by atoms with Crippen LogP contribution in [0.4, 0.5) is 0 Å². The molecule has 0 aromatic heterocycles. The SMILES string of the molecule is CCCCCCCc1cccc(Oc2ccc(S(=O)(=O)O)cc2)c1. The van der Waals surface area contributed by atoms with Gasteiger partial charge in [0.2, 0.25) is 0 Å². The summed E-state index contributed by atoms with van der Waals surface area (Å²) in [4.78, 5) is -0.143. The van der Waals surface area contributed by atoms with Gasteiger partial charge in [-0.15, -0.1) is 0 Å². The van der Waals surface area contributed by atoms with Gasteiger partial charge < -0.3 is 4.74 Å². The van der Waals surface area contributed by atoms with Crippen LogP contribution in [0, 0.1) is 0 Å². The molecule has 4 nitrogen and oxygen atoms in total. The third-order valence-corrected chi connectivity index (χ3v) is 4.69. The van der Waals surface area contributed by atoms with E-state index in [1.54, 1.807) is 0 Å². The number of aryl methyl sites for hydroxylation is 1. The summed E-state index contributed by atoms with van der Waals surface area (Å²) in [7, 11) is -4.17. The molecular weight excluding hydrogens is 324 g/mol. The van der Waals surface area contributed by atoms with E-state index in [4.69, 9.17) is 9.29 Å². The Balaban J connectivity index is 1.94. The van der Waals surface area contributed by atoms with Crippen LogP contribution in [0.15, 0.2) is 53.4 Å². The third-order valence-electron chi connectivity index (χ3n) is 3.82. The van der Waals surface area contributed by atoms with Crippen LogP contribution < -0.4 is 4.74 Å². The van der Waals surface area contributed by atoms with Gasteiger partial charge in [0.25, 0.3) is 10.1 Å². The molecule has 5 heteroatoms. The maximum absolute atomic E-state index is 11.0. The lowest BCUT2D eigenvalue weighted by Gasteiger charge is -2.08. The molecule has 0 spiro atoms. The Morgan fingerprint density at radius 2 is 1.62 bits per heavy atom. The first-order chi connectivity index (χ1) is 11.5. The molecule has 1 N–H and O–H groups in total. The summed E-state index contributed by atoms with van der Waals surface area (Å²) in [5, 5.41) is 0. The molecule has 2 aromatic carbocycles. The minimum atomic E-state index is -4.17. The van der Waals surface area contributed by atoms with E-state index in [1.165, 1.54) is 61.9 Å². The molecule has 0 aliphatic rings. The molecule has 2 rings (SSSR count). The molecule has 0 bridgehead atoms. The van der Waals surface area contributed by atoms with Crippen molar-refractivity contribution >= 4 is 10.1 Å². The summed E-state index contributed by atoms with van der Waals surface area (Å²) in [6, 6.07) is 13.6. The Labute approximate surface area is 144 Å². The molecule has 0 heterocycles. The van der Waals surface area contributed by atoms with Crippen LogP contribution in [-0.4, -0.2) is 13.0 Å². The van der Waals surface area contributed by atoms with E-state index in [0.29, 0.717) is 5.75 Å². The Hall–Kier alpha value is -1.85. The zero-order valence-electron chi connectivity index (χ0n) is 13.9. The lowest BCUT2D eigenvalue weighted by atomic mass is 10.1. The second kappa shape index (κ2) is 8.85. The topological polar surface area (TPSA) is 63.6 Å². The van der Waals surface area contributed by atoms with E-state index in [2.05, 4.69) is 13.0 Å². The second-order valence-corrected chi connectivity index (χ2v) is 7.28. The fourth-order valence-corrected chi connectivity index (χ4v) is 2.99. The first-order valence-electron chi connectivity index (χ1n) is 8.33. The summed E-state index contributed by atoms with van der Waals surface area (Å²) in [6.07, 6.45) is 7.28. The van der Waals surface area contributed by atoms with Crippen LogP contribution in [0.5, 0.6) is 11.5 Å². The van der Waals surface area contributed by atoms with Gasteiger partial charge in [0.05, 0.1) is 4.90 Å². The second-order valence-electron chi connectivity index (χ2n) is 5.86. The zero-order chi connectivity index (χ0) is 17.4. The molecule has 0 fully saturated rings. The predicted octanol–water partition coefficient (Wildman–Crippen LogP) is 5.24. The molecule has 0 radical (unpaired) electrons. The Bertz CT molecular complexity index is 736. The van der Waals surface area contributed by atoms with Gasteiger partial charge in [0.15, 0.2) is 0 Å². The van der Waals surface area contributed by atoms with Crippen molar-refractivity contribution in [3.05, 3.63) is 54.1 Å². The van der Waals surface area contributed by atoms with Crippen molar-refractivity contribution in [2.75, 3.05) is 0 Å². The Morgan fingerprint density at radius 1 is 0.917 bits per heavy atom. The summed E-state index contributed by atoms with van der Waals surface area (Å²) in [5.41, 5.74) is 1.23. The van der Waals surface area contributed by atoms with Crippen molar-refractivity contribution in [1.82, 2.24) is 0 Å². The van der Waals surface area contributed by atoms with E-state index >= 15 is 0 Å². The molecule has 24 heavy (non-hydrogen) atoms. The zero-order valence-corrected chi connectivity index (χ0v) is 14.8. The highest BCUT2D eigenvalue weighted by molar-refractivity contribution is 7.85. The Morgan fingerprint density at radius 3 is 2.29 bits per heavy atom. The van der Waals surface area contributed by atoms with Crippen LogP contribution in [0.2, 0.25) is 0 Å². The third kappa shape index (κ3) is 5.98. The molecule has 0 saturated heterocycles. The number of rotatable bonds is 9. The van der Waals surface area contributed by atoms with Crippen LogP contribution >= 0.6 is 0 Å². The minimum absolute atomic E-state index is 0.143. The van der Waals surface area contributed by atoms with E-state index in [9.17, 15) is 8.42 Å². The van der Waals surface area contributed by atoms with Gasteiger partial charge in [0.1, 0.15) is 11.5 Å².